The third kappa shape index (κ3) is 15.2. The summed E-state index contributed by atoms with van der Waals surface area (Å²) in [4.78, 5) is 123. The molecule has 0 radical (unpaired) electrons. The lowest BCUT2D eigenvalue weighted by molar-refractivity contribution is -0.128. The van der Waals surface area contributed by atoms with Gasteiger partial charge < -0.3 is 44.4 Å². The largest absolute Gasteiger partial charge is 0.490 e. The molecule has 138 heavy (non-hydrogen) atoms. The second-order valence-corrected chi connectivity index (χ2v) is 38.2. The Balaban J connectivity index is 0.000000132. The van der Waals surface area contributed by atoms with E-state index in [2.05, 4.69) is 80.3 Å². The maximum absolute atomic E-state index is 17.4. The van der Waals surface area contributed by atoms with Crippen molar-refractivity contribution in [1.29, 1.82) is 0 Å². The van der Waals surface area contributed by atoms with E-state index in [-0.39, 0.29) is 84.1 Å². The highest BCUT2D eigenvalue weighted by atomic mass is 19.1. The second kappa shape index (κ2) is 35.8. The molecule has 708 valence electrons. The number of nitrogens with one attached hydrogen (secondary N) is 4. The SMILES string of the molecule is C=CC(=O)N1CC(C)N2c3nc(=O)n(-c4c(C)ccnc4C(C)C)c4cc(-c5c(C)ccc6[nH]ncc56)c(F)c(c34)N(C)CC2C1.C=CC(=O)N1CC(C)N2c3nc(=O)n(-c4c(C)ccnc4C(C)C)c4cc(-c5c(C)ccc6[nH]ncc56)c(F)c(c34)NCCC2C1.C=CC(=O)N1CC(C)N2c3nc(=O)n(-c4c(C)ccnc4C(C)C)c4cc(-c5c(C)ccc6[nH]ncc56)c(F)c(c34)OCCC2C1. The molecule has 6 unspecified atom stereocenters. The average molecular weight is 1860 g/mol. The smallest absolute Gasteiger partial charge is 0.354 e. The van der Waals surface area contributed by atoms with Crippen molar-refractivity contribution in [2.45, 2.75) is 171 Å². The van der Waals surface area contributed by atoms with Crippen molar-refractivity contribution in [3.05, 3.63) is 247 Å². The summed E-state index contributed by atoms with van der Waals surface area (Å²) in [5, 5.41) is 28.9. The molecule has 30 nitrogen and oxygen atoms in total. The van der Waals surface area contributed by atoms with Crippen molar-refractivity contribution in [1.82, 2.24) is 88.9 Å². The molecule has 3 saturated heterocycles. The van der Waals surface area contributed by atoms with Gasteiger partial charge in [-0.05, 0) is 209 Å². The number of halogens is 3. The molecule has 6 aromatic carbocycles. The van der Waals surface area contributed by atoms with Crippen LogP contribution in [0.1, 0.15) is 143 Å². The Labute approximate surface area is 794 Å². The quantitative estimate of drug-likeness (QED) is 0.0826. The van der Waals surface area contributed by atoms with Crippen LogP contribution in [0.25, 0.3) is 116 Å². The van der Waals surface area contributed by atoms with Crippen molar-refractivity contribution < 1.29 is 32.3 Å². The Morgan fingerprint density at radius 2 is 0.790 bits per heavy atom. The highest BCUT2D eigenvalue weighted by molar-refractivity contribution is 6.11. The van der Waals surface area contributed by atoms with Crippen LogP contribution >= 0.6 is 0 Å². The fourth-order valence-electron chi connectivity index (χ4n) is 22.0. The first kappa shape index (κ1) is 91.9. The number of hydrogen-bond acceptors (Lipinski definition) is 21. The monoisotopic (exact) mass is 1860 g/mol. The fraction of sp³-hybridized carbons (Fsp3) is 0.343. The molecule has 0 spiro atoms. The van der Waals surface area contributed by atoms with Crippen LogP contribution in [-0.4, -0.2) is 209 Å². The number of anilines is 5. The van der Waals surface area contributed by atoms with Crippen LogP contribution in [-0.2, 0) is 14.4 Å². The van der Waals surface area contributed by atoms with E-state index in [1.54, 1.807) is 83.8 Å². The zero-order valence-electron chi connectivity index (χ0n) is 80.2. The maximum atomic E-state index is 17.4. The van der Waals surface area contributed by atoms with E-state index in [4.69, 9.17) is 24.7 Å². The van der Waals surface area contributed by atoms with E-state index in [1.165, 1.54) is 18.2 Å². The molecule has 6 aliphatic heterocycles. The zero-order chi connectivity index (χ0) is 97.5. The summed E-state index contributed by atoms with van der Waals surface area (Å²) in [6.45, 7) is 44.5. The van der Waals surface area contributed by atoms with Gasteiger partial charge in [0.25, 0.3) is 0 Å². The Bertz CT molecular complexity index is 7480. The number of nitrogens with zero attached hydrogens (tertiary/aromatic N) is 19. The summed E-state index contributed by atoms with van der Waals surface area (Å²) in [6, 6.07) is 21.4. The summed E-state index contributed by atoms with van der Waals surface area (Å²) < 4.78 is 62.8. The van der Waals surface area contributed by atoms with Crippen LogP contribution in [0, 0.1) is 59.0 Å². The molecule has 6 atom stereocenters. The van der Waals surface area contributed by atoms with Gasteiger partial charge in [0.1, 0.15) is 17.5 Å². The number of pyridine rings is 3. The number of fused-ring (bicyclic) bond motifs is 9. The zero-order valence-corrected chi connectivity index (χ0v) is 80.2. The van der Waals surface area contributed by atoms with E-state index in [0.717, 1.165) is 83.2 Å². The number of carbonyl (C=O) groups excluding carboxylic acids is 3. The average Bonchev–Trinajstić information content (AvgIpc) is 1.21. The lowest BCUT2D eigenvalue weighted by Crippen LogP contribution is -2.61. The highest BCUT2D eigenvalue weighted by Gasteiger charge is 2.45. The topological polar surface area (TPSA) is 325 Å². The van der Waals surface area contributed by atoms with Gasteiger partial charge in [0.05, 0.1) is 138 Å². The van der Waals surface area contributed by atoms with E-state index in [9.17, 15) is 28.8 Å². The minimum atomic E-state index is -0.531. The summed E-state index contributed by atoms with van der Waals surface area (Å²) in [5.74, 6) is -0.552. The van der Waals surface area contributed by atoms with E-state index >= 15 is 13.2 Å². The number of amides is 3. The number of carbonyl (C=O) groups is 3. The molecule has 33 heteroatoms. The molecule has 0 aliphatic carbocycles. The van der Waals surface area contributed by atoms with Gasteiger partial charge in [0.2, 0.25) is 17.7 Å². The summed E-state index contributed by atoms with van der Waals surface area (Å²) in [5.41, 5.74) is 15.6. The van der Waals surface area contributed by atoms with Crippen LogP contribution in [0.2, 0.25) is 0 Å². The number of ether oxygens (including phenoxy) is 1. The van der Waals surface area contributed by atoms with Crippen LogP contribution in [0.3, 0.4) is 0 Å². The number of benzene rings is 6. The van der Waals surface area contributed by atoms with Crippen LogP contribution in [0.15, 0.2) is 162 Å². The lowest BCUT2D eigenvalue weighted by Gasteiger charge is -2.47. The van der Waals surface area contributed by atoms with Crippen LogP contribution in [0.5, 0.6) is 5.75 Å². The van der Waals surface area contributed by atoms with E-state index in [0.29, 0.717) is 177 Å². The molecular formula is C105H110F3N23O7. The second-order valence-electron chi connectivity index (χ2n) is 38.2. The molecule has 3 amide bonds. The number of aromatic amines is 3. The van der Waals surface area contributed by atoms with Gasteiger partial charge in [-0.2, -0.15) is 30.2 Å². The highest BCUT2D eigenvalue weighted by Crippen LogP contribution is 2.51. The van der Waals surface area contributed by atoms with Gasteiger partial charge >= 0.3 is 17.1 Å². The summed E-state index contributed by atoms with van der Waals surface area (Å²) in [7, 11) is 1.86. The molecule has 0 saturated carbocycles. The number of aryl methyl sites for hydroxylation is 6. The lowest BCUT2D eigenvalue weighted by atomic mass is 9.93. The molecule has 15 heterocycles. The maximum Gasteiger partial charge on any atom is 0.354 e. The predicted octanol–water partition coefficient (Wildman–Crippen LogP) is 16.4. The van der Waals surface area contributed by atoms with Crippen molar-refractivity contribution in [3.63, 3.8) is 0 Å². The van der Waals surface area contributed by atoms with Crippen molar-refractivity contribution in [2.75, 3.05) is 90.9 Å². The number of aromatic nitrogens is 15. The number of hydrogen-bond donors (Lipinski definition) is 4. The normalized spacial score (nSPS) is 18.0. The summed E-state index contributed by atoms with van der Waals surface area (Å²) in [6.07, 6.45) is 15.4. The first-order valence-electron chi connectivity index (χ1n) is 46.9. The molecular weight excluding hydrogens is 1750 g/mol. The molecule has 6 aliphatic rings. The number of rotatable bonds is 12. The van der Waals surface area contributed by atoms with Crippen LogP contribution in [0.4, 0.5) is 42.0 Å². The number of piperazine rings is 3. The van der Waals surface area contributed by atoms with Gasteiger partial charge in [-0.15, -0.1) is 0 Å². The minimum absolute atomic E-state index is 0.00662. The molecule has 4 N–H and O–H groups in total. The van der Waals surface area contributed by atoms with Gasteiger partial charge in [0, 0.05) is 135 Å². The Kier molecular flexibility index (Phi) is 23.9. The molecule has 3 fully saturated rings. The first-order chi connectivity index (χ1) is 66.2. The fourth-order valence-corrected chi connectivity index (χ4v) is 22.0. The van der Waals surface area contributed by atoms with Gasteiger partial charge in [-0.1, -0.05) is 79.5 Å². The van der Waals surface area contributed by atoms with Crippen molar-refractivity contribution >= 4 is 112 Å². The third-order valence-corrected chi connectivity index (χ3v) is 28.2. The molecule has 9 aromatic heterocycles. The Morgan fingerprint density at radius 3 is 1.20 bits per heavy atom. The van der Waals surface area contributed by atoms with Gasteiger partial charge in [-0.25, -0.2) is 27.6 Å². The summed E-state index contributed by atoms with van der Waals surface area (Å²) >= 11 is 0. The van der Waals surface area contributed by atoms with Crippen molar-refractivity contribution in [2.24, 2.45) is 0 Å². The molecule has 0 bridgehead atoms. The van der Waals surface area contributed by atoms with Crippen molar-refractivity contribution in [3.8, 4) is 56.2 Å². The van der Waals surface area contributed by atoms with Gasteiger partial charge in [-0.3, -0.25) is 58.3 Å². The van der Waals surface area contributed by atoms with E-state index in [1.807, 2.05) is 170 Å². The predicted molar refractivity (Wildman–Crippen MR) is 535 cm³/mol. The van der Waals surface area contributed by atoms with Gasteiger partial charge in [0.15, 0.2) is 23.2 Å². The minimum Gasteiger partial charge on any atom is -0.490 e. The first-order valence-corrected chi connectivity index (χ1v) is 46.9. The van der Waals surface area contributed by atoms with Crippen LogP contribution < -0.4 is 46.7 Å². The third-order valence-electron chi connectivity index (χ3n) is 28.2. The Hall–Kier alpha value is -15.2. The number of likely N-dealkylation sites (N-methyl/N-ethyl adjacent to an activating group) is 1. The molecule has 21 rings (SSSR count). The number of H-pyrrole nitrogens is 3. The Morgan fingerprint density at radius 1 is 0.435 bits per heavy atom. The molecule has 15 aromatic rings. The standard InChI is InChI=1S/2C35H37FN8O2.C35H36FN7O3/c1-8-27(45)42-15-21(6)43-22(17-42)16-41(7)33-29-26(13-23(30(33)36)28-19(4)9-10-25-24(28)14-38-40-25)44(35(46)39-34(29)43)32-20(5)11-12-37-31(32)18(2)3;1-7-27(45)42-16-21(6)43-22(17-42)11-13-38-32-29-26(14-23(30(32)36)28-19(4)8-9-25-24(28)15-39-41-25)44(35(46)40-34(29)43)33-20(5)10-12-37-31(33)18(2)3;1-7-27(44)41-16-21(6)42-22(17-41)11-13-46-33-29-26(14-23(30(33)36)28-19(4)8-9-25-24(28)15-38-40-25)43(35(45)39-34(29)42)32-20(5)10-12-37-31(32)18(2)3/h8-14,18,21-22H,1,15-17H2,2-7H3,(H,38,40);7-10,12,14-15,18,21-22,38H,1,11,13,16-17H2,2-6H3,(H,39,41);7-10,12,14-15,18,21-22H,1,11,13,16-17H2,2-6H3,(H,38,40). The van der Waals surface area contributed by atoms with E-state index < -0.39 is 34.5 Å².